The Balaban J connectivity index is 0.000000956. The van der Waals surface area contributed by atoms with Crippen molar-refractivity contribution in [3.8, 4) is 0 Å². The summed E-state index contributed by atoms with van der Waals surface area (Å²) in [5.74, 6) is 0. The van der Waals surface area contributed by atoms with Crippen LogP contribution in [0.2, 0.25) is 0 Å². The lowest BCUT2D eigenvalue weighted by Crippen LogP contribution is -2.53. The van der Waals surface area contributed by atoms with E-state index in [9.17, 15) is 10.2 Å². The number of rotatable bonds is 3. The van der Waals surface area contributed by atoms with Gasteiger partial charge in [0.25, 0.3) is 0 Å². The summed E-state index contributed by atoms with van der Waals surface area (Å²) in [7, 11) is 1.50. The molecule has 0 bridgehead atoms. The number of aliphatic hydroxyl groups is 2. The normalized spacial score (nSPS) is 29.4. The number of aliphatic hydroxyl groups excluding tert-OH is 2. The first kappa shape index (κ1) is 16.9. The van der Waals surface area contributed by atoms with Crippen LogP contribution in [0.4, 0.5) is 5.69 Å². The van der Waals surface area contributed by atoms with Gasteiger partial charge in [0.15, 0.2) is 6.29 Å². The van der Waals surface area contributed by atoms with Gasteiger partial charge in [-0.2, -0.15) is 0 Å². The molecule has 4 unspecified atom stereocenters. The third-order valence-corrected chi connectivity index (χ3v) is 3.27. The molecule has 1 heterocycles. The van der Waals surface area contributed by atoms with Gasteiger partial charge in [-0.25, -0.2) is 0 Å². The number of nitrogens with two attached hydrogens (primary N) is 2. The van der Waals surface area contributed by atoms with Gasteiger partial charge in [0.1, 0.15) is 0 Å². The Morgan fingerprint density at radius 3 is 2.45 bits per heavy atom. The third-order valence-electron chi connectivity index (χ3n) is 3.27. The summed E-state index contributed by atoms with van der Waals surface area (Å²) in [6, 6.07) is 7.40. The average molecular weight is 283 g/mol. The highest BCUT2D eigenvalue weighted by molar-refractivity contribution is 5.39. The van der Waals surface area contributed by atoms with Gasteiger partial charge in [0, 0.05) is 24.7 Å². The summed E-state index contributed by atoms with van der Waals surface area (Å²) in [5, 5.41) is 22.7. The molecule has 0 radical (unpaired) electrons. The second-order valence-corrected chi connectivity index (χ2v) is 4.75. The van der Waals surface area contributed by atoms with Crippen molar-refractivity contribution < 1.29 is 14.9 Å². The van der Waals surface area contributed by atoms with Gasteiger partial charge >= 0.3 is 0 Å². The van der Waals surface area contributed by atoms with Gasteiger partial charge < -0.3 is 31.7 Å². The Kier molecular flexibility index (Phi) is 6.90. The van der Waals surface area contributed by atoms with Crippen molar-refractivity contribution in [1.29, 1.82) is 0 Å². The first-order valence-corrected chi connectivity index (χ1v) is 6.73. The van der Waals surface area contributed by atoms with Crippen LogP contribution < -0.4 is 16.8 Å². The zero-order valence-corrected chi connectivity index (χ0v) is 12.0. The predicted molar refractivity (Wildman–Crippen MR) is 78.8 cm³/mol. The lowest BCUT2D eigenvalue weighted by Gasteiger charge is -2.36. The molecule has 2 rings (SSSR count). The molecule has 1 aromatic carbocycles. The molecule has 0 saturated carbocycles. The van der Waals surface area contributed by atoms with Crippen LogP contribution in [0.3, 0.4) is 0 Å². The molecule has 1 aliphatic heterocycles. The minimum absolute atomic E-state index is 0.165. The molecule has 1 saturated heterocycles. The highest BCUT2D eigenvalue weighted by atomic mass is 16.6. The SMILES string of the molecule is CC1OC(O)CC(NCc2ccc(N)cc2)C1O.CN. The minimum Gasteiger partial charge on any atom is -0.399 e. The van der Waals surface area contributed by atoms with E-state index < -0.39 is 12.4 Å². The standard InChI is InChI=1S/C13H20N2O3.CH5N/c1-8-13(17)11(6-12(16)18-8)15-7-9-2-4-10(14)5-3-9;1-2/h2-5,8,11-13,15-17H,6-7,14H2,1H3;2H2,1H3. The topological polar surface area (TPSA) is 114 Å². The van der Waals surface area contributed by atoms with E-state index in [1.807, 2.05) is 24.3 Å². The van der Waals surface area contributed by atoms with Crippen LogP contribution in [0, 0.1) is 0 Å². The fourth-order valence-corrected chi connectivity index (χ4v) is 2.16. The molecule has 4 atom stereocenters. The number of nitrogens with one attached hydrogen (secondary N) is 1. The molecule has 0 aromatic heterocycles. The second-order valence-electron chi connectivity index (χ2n) is 4.75. The van der Waals surface area contributed by atoms with Crippen molar-refractivity contribution in [2.24, 2.45) is 5.73 Å². The third kappa shape index (κ3) is 4.73. The highest BCUT2D eigenvalue weighted by Crippen LogP contribution is 2.19. The zero-order valence-electron chi connectivity index (χ0n) is 12.0. The first-order chi connectivity index (χ1) is 9.56. The molecule has 7 N–H and O–H groups in total. The van der Waals surface area contributed by atoms with Gasteiger partial charge in [-0.05, 0) is 31.7 Å². The van der Waals surface area contributed by atoms with Crippen LogP contribution in [-0.4, -0.2) is 41.8 Å². The molecule has 0 aliphatic carbocycles. The molecular weight excluding hydrogens is 258 g/mol. The monoisotopic (exact) mass is 283 g/mol. The van der Waals surface area contributed by atoms with E-state index in [-0.39, 0.29) is 12.1 Å². The highest BCUT2D eigenvalue weighted by Gasteiger charge is 2.33. The zero-order chi connectivity index (χ0) is 15.1. The largest absolute Gasteiger partial charge is 0.399 e. The summed E-state index contributed by atoms with van der Waals surface area (Å²) >= 11 is 0. The van der Waals surface area contributed by atoms with Crippen LogP contribution in [0.15, 0.2) is 24.3 Å². The molecule has 114 valence electrons. The number of anilines is 1. The number of nitrogen functional groups attached to an aromatic ring is 1. The lowest BCUT2D eigenvalue weighted by atomic mass is 9.99. The van der Waals surface area contributed by atoms with Gasteiger partial charge in [-0.3, -0.25) is 0 Å². The van der Waals surface area contributed by atoms with E-state index >= 15 is 0 Å². The van der Waals surface area contributed by atoms with Crippen LogP contribution in [0.1, 0.15) is 18.9 Å². The summed E-state index contributed by atoms with van der Waals surface area (Å²) < 4.78 is 5.15. The molecule has 1 fully saturated rings. The number of hydrogen-bond acceptors (Lipinski definition) is 6. The van der Waals surface area contributed by atoms with Crippen LogP contribution in [-0.2, 0) is 11.3 Å². The Hall–Kier alpha value is -1.18. The average Bonchev–Trinajstić information content (AvgIpc) is 2.45. The molecule has 1 aromatic rings. The maximum atomic E-state index is 9.96. The van der Waals surface area contributed by atoms with E-state index in [2.05, 4.69) is 11.1 Å². The molecular formula is C14H25N3O3. The first-order valence-electron chi connectivity index (χ1n) is 6.73. The Bertz CT molecular complexity index is 386. The quantitative estimate of drug-likeness (QED) is 0.491. The summed E-state index contributed by atoms with van der Waals surface area (Å²) in [6.45, 7) is 2.38. The molecule has 6 heteroatoms. The number of ether oxygens (including phenoxy) is 1. The van der Waals surface area contributed by atoms with Gasteiger partial charge in [0.05, 0.1) is 12.2 Å². The van der Waals surface area contributed by atoms with E-state index in [1.54, 1.807) is 6.92 Å². The maximum absolute atomic E-state index is 9.96. The van der Waals surface area contributed by atoms with Crippen molar-refractivity contribution in [1.82, 2.24) is 5.32 Å². The molecule has 0 spiro atoms. The van der Waals surface area contributed by atoms with Crippen molar-refractivity contribution >= 4 is 5.69 Å². The van der Waals surface area contributed by atoms with E-state index in [0.29, 0.717) is 13.0 Å². The van der Waals surface area contributed by atoms with Crippen LogP contribution in [0.25, 0.3) is 0 Å². The fraction of sp³-hybridized carbons (Fsp3) is 0.571. The number of benzene rings is 1. The smallest absolute Gasteiger partial charge is 0.156 e. The van der Waals surface area contributed by atoms with Gasteiger partial charge in [-0.1, -0.05) is 12.1 Å². The predicted octanol–water partition coefficient (Wildman–Crippen LogP) is -0.210. The second kappa shape index (κ2) is 8.18. The van der Waals surface area contributed by atoms with Crippen LogP contribution in [0.5, 0.6) is 0 Å². The minimum atomic E-state index is -0.813. The van der Waals surface area contributed by atoms with Crippen molar-refractivity contribution in [2.45, 2.75) is 44.4 Å². The Labute approximate surface area is 119 Å². The summed E-state index contributed by atoms with van der Waals surface area (Å²) in [5.41, 5.74) is 11.9. The molecule has 6 nitrogen and oxygen atoms in total. The van der Waals surface area contributed by atoms with Gasteiger partial charge in [-0.15, -0.1) is 0 Å². The Morgan fingerprint density at radius 2 is 1.85 bits per heavy atom. The lowest BCUT2D eigenvalue weighted by molar-refractivity contribution is -0.202. The molecule has 20 heavy (non-hydrogen) atoms. The van der Waals surface area contributed by atoms with Crippen molar-refractivity contribution in [3.63, 3.8) is 0 Å². The molecule has 0 amide bonds. The number of hydrogen-bond donors (Lipinski definition) is 5. The van der Waals surface area contributed by atoms with E-state index in [4.69, 9.17) is 10.5 Å². The Morgan fingerprint density at radius 1 is 1.25 bits per heavy atom. The van der Waals surface area contributed by atoms with E-state index in [0.717, 1.165) is 11.3 Å². The fourth-order valence-electron chi connectivity index (χ4n) is 2.16. The summed E-state index contributed by atoms with van der Waals surface area (Å²) in [6.07, 6.45) is -1.40. The van der Waals surface area contributed by atoms with Crippen molar-refractivity contribution in [2.75, 3.05) is 12.8 Å². The maximum Gasteiger partial charge on any atom is 0.156 e. The molecule has 1 aliphatic rings. The van der Waals surface area contributed by atoms with Gasteiger partial charge in [0.2, 0.25) is 0 Å². The van der Waals surface area contributed by atoms with Crippen molar-refractivity contribution in [3.05, 3.63) is 29.8 Å². The van der Waals surface area contributed by atoms with E-state index in [1.165, 1.54) is 7.05 Å². The summed E-state index contributed by atoms with van der Waals surface area (Å²) in [4.78, 5) is 0. The van der Waals surface area contributed by atoms with Crippen LogP contribution >= 0.6 is 0 Å².